The monoisotopic (exact) mass is 536 g/mol. The van der Waals surface area contributed by atoms with Crippen LogP contribution in [0.1, 0.15) is 93.9 Å². The van der Waals surface area contributed by atoms with Gasteiger partial charge in [0.1, 0.15) is 11.2 Å². The van der Waals surface area contributed by atoms with Crippen LogP contribution in [0.15, 0.2) is 0 Å². The SMILES string of the molecule is C[C@@H]1CC2(CCN(C(=O)OC(C)(C)C)CC2)C(=O)N1.C[C@H]1CC2(CCN(C(=O)OC(C)(C)C)CC2)C(=O)N1. The van der Waals surface area contributed by atoms with Crippen LogP contribution in [-0.4, -0.2) is 83.3 Å². The van der Waals surface area contributed by atoms with Gasteiger partial charge in [0, 0.05) is 38.3 Å². The first-order chi connectivity index (χ1) is 17.4. The molecule has 0 bridgehead atoms. The van der Waals surface area contributed by atoms with Crippen LogP contribution in [0.25, 0.3) is 0 Å². The molecule has 0 aliphatic carbocycles. The molecule has 4 aliphatic heterocycles. The van der Waals surface area contributed by atoms with Crippen LogP contribution in [0, 0.1) is 10.8 Å². The van der Waals surface area contributed by atoms with Crippen LogP contribution in [0.3, 0.4) is 0 Å². The molecule has 4 fully saturated rings. The number of ether oxygens (including phenoxy) is 2. The highest BCUT2D eigenvalue weighted by molar-refractivity contribution is 5.86. The Morgan fingerprint density at radius 3 is 1.18 bits per heavy atom. The zero-order chi connectivity index (χ0) is 28.5. The lowest BCUT2D eigenvalue weighted by Crippen LogP contribution is -2.47. The Morgan fingerprint density at radius 2 is 0.974 bits per heavy atom. The first kappa shape index (κ1) is 30.0. The molecule has 4 rings (SSSR count). The summed E-state index contributed by atoms with van der Waals surface area (Å²) < 4.78 is 10.7. The highest BCUT2D eigenvalue weighted by Gasteiger charge is 2.49. The molecule has 10 nitrogen and oxygen atoms in total. The lowest BCUT2D eigenvalue weighted by Gasteiger charge is -2.37. The van der Waals surface area contributed by atoms with Gasteiger partial charge in [-0.05, 0) is 93.9 Å². The predicted octanol–water partition coefficient (Wildman–Crippen LogP) is 3.82. The molecule has 216 valence electrons. The van der Waals surface area contributed by atoms with Crippen molar-refractivity contribution in [1.29, 1.82) is 0 Å². The van der Waals surface area contributed by atoms with Gasteiger partial charge < -0.3 is 29.9 Å². The molecule has 0 saturated carbocycles. The van der Waals surface area contributed by atoms with E-state index in [1.54, 1.807) is 9.80 Å². The molecular weight excluding hydrogens is 488 g/mol. The average Bonchev–Trinajstić information content (AvgIpc) is 3.20. The minimum atomic E-state index is -0.467. The third-order valence-electron chi connectivity index (χ3n) is 7.86. The number of rotatable bonds is 0. The molecule has 0 radical (unpaired) electrons. The number of nitrogens with one attached hydrogen (secondary N) is 2. The van der Waals surface area contributed by atoms with E-state index >= 15 is 0 Å². The molecule has 0 unspecified atom stereocenters. The van der Waals surface area contributed by atoms with E-state index in [0.717, 1.165) is 38.5 Å². The first-order valence-corrected chi connectivity index (χ1v) is 14.0. The minimum Gasteiger partial charge on any atom is -0.444 e. The van der Waals surface area contributed by atoms with Crippen molar-refractivity contribution in [1.82, 2.24) is 20.4 Å². The highest BCUT2D eigenvalue weighted by Crippen LogP contribution is 2.41. The Hall–Kier alpha value is -2.52. The minimum absolute atomic E-state index is 0.156. The number of hydrogen-bond donors (Lipinski definition) is 2. The molecule has 0 aromatic heterocycles. The van der Waals surface area contributed by atoms with Crippen molar-refractivity contribution in [3.05, 3.63) is 0 Å². The van der Waals surface area contributed by atoms with Crippen LogP contribution >= 0.6 is 0 Å². The third-order valence-corrected chi connectivity index (χ3v) is 7.86. The Bertz CT molecular complexity index is 831. The number of likely N-dealkylation sites (tertiary alicyclic amines) is 2. The van der Waals surface area contributed by atoms with E-state index in [-0.39, 0.29) is 46.9 Å². The van der Waals surface area contributed by atoms with Crippen LogP contribution in [0.5, 0.6) is 0 Å². The zero-order valence-electron chi connectivity index (χ0n) is 24.6. The van der Waals surface area contributed by atoms with Gasteiger partial charge in [-0.1, -0.05) is 0 Å². The normalized spacial score (nSPS) is 26.4. The van der Waals surface area contributed by atoms with Crippen LogP contribution in [0.2, 0.25) is 0 Å². The van der Waals surface area contributed by atoms with E-state index in [0.29, 0.717) is 26.2 Å². The van der Waals surface area contributed by atoms with Gasteiger partial charge in [0.15, 0.2) is 0 Å². The van der Waals surface area contributed by atoms with Crippen molar-refractivity contribution in [2.75, 3.05) is 26.2 Å². The number of carbonyl (C=O) groups excluding carboxylic acids is 4. The molecule has 4 aliphatic rings. The summed E-state index contributed by atoms with van der Waals surface area (Å²) in [6, 6.07) is 0.501. The Labute approximate surface area is 227 Å². The molecule has 38 heavy (non-hydrogen) atoms. The van der Waals surface area contributed by atoms with Gasteiger partial charge >= 0.3 is 12.2 Å². The number of carbonyl (C=O) groups is 4. The second-order valence-electron chi connectivity index (χ2n) is 13.7. The standard InChI is InChI=1S/2C14H24N2O3/c2*1-10-9-14(11(17)15-10)5-7-16(8-6-14)12(18)19-13(2,3)4/h2*10H,5-9H2,1-4H3,(H,15,17)/t2*10-/m10/s1. The average molecular weight is 537 g/mol. The van der Waals surface area contributed by atoms with Crippen molar-refractivity contribution in [3.8, 4) is 0 Å². The predicted molar refractivity (Wildman–Crippen MR) is 143 cm³/mol. The summed E-state index contributed by atoms with van der Waals surface area (Å²) in [5.41, 5.74) is -1.44. The van der Waals surface area contributed by atoms with Gasteiger partial charge in [-0.15, -0.1) is 0 Å². The summed E-state index contributed by atoms with van der Waals surface area (Å²) >= 11 is 0. The summed E-state index contributed by atoms with van der Waals surface area (Å²) in [7, 11) is 0. The van der Waals surface area contributed by atoms with Gasteiger partial charge in [0.25, 0.3) is 0 Å². The van der Waals surface area contributed by atoms with Crippen molar-refractivity contribution in [2.45, 2.75) is 117 Å². The Kier molecular flexibility index (Phi) is 8.63. The Morgan fingerprint density at radius 1 is 0.684 bits per heavy atom. The molecule has 2 N–H and O–H groups in total. The highest BCUT2D eigenvalue weighted by atomic mass is 16.6. The van der Waals surface area contributed by atoms with Gasteiger partial charge in [-0.3, -0.25) is 9.59 Å². The quantitative estimate of drug-likeness (QED) is 0.486. The summed E-state index contributed by atoms with van der Waals surface area (Å²) in [5.74, 6) is 0.313. The van der Waals surface area contributed by atoms with E-state index in [4.69, 9.17) is 9.47 Å². The fraction of sp³-hybridized carbons (Fsp3) is 0.857. The van der Waals surface area contributed by atoms with Gasteiger partial charge in [-0.25, -0.2) is 9.59 Å². The van der Waals surface area contributed by atoms with E-state index in [1.807, 2.05) is 55.4 Å². The smallest absolute Gasteiger partial charge is 0.410 e. The lowest BCUT2D eigenvalue weighted by atomic mass is 9.76. The molecular formula is C28H48N4O6. The molecule has 4 saturated heterocycles. The summed E-state index contributed by atoms with van der Waals surface area (Å²) in [5, 5.41) is 5.97. The maximum absolute atomic E-state index is 12.0. The summed E-state index contributed by atoms with van der Waals surface area (Å²) in [6.45, 7) is 17.7. The van der Waals surface area contributed by atoms with Crippen LogP contribution in [-0.2, 0) is 19.1 Å². The van der Waals surface area contributed by atoms with Crippen molar-refractivity contribution < 1.29 is 28.7 Å². The molecule has 0 aromatic carbocycles. The molecule has 4 heterocycles. The molecule has 2 atom stereocenters. The molecule has 10 heteroatoms. The molecule has 4 amide bonds. The largest absolute Gasteiger partial charge is 0.444 e. The first-order valence-electron chi connectivity index (χ1n) is 14.0. The fourth-order valence-electron chi connectivity index (χ4n) is 5.96. The van der Waals surface area contributed by atoms with E-state index < -0.39 is 11.2 Å². The summed E-state index contributed by atoms with van der Waals surface area (Å²) in [4.78, 5) is 51.4. The van der Waals surface area contributed by atoms with Crippen molar-refractivity contribution in [2.24, 2.45) is 10.8 Å². The van der Waals surface area contributed by atoms with Gasteiger partial charge in [-0.2, -0.15) is 0 Å². The van der Waals surface area contributed by atoms with E-state index in [1.165, 1.54) is 0 Å². The fourth-order valence-corrected chi connectivity index (χ4v) is 5.96. The molecule has 0 aromatic rings. The van der Waals surface area contributed by atoms with Gasteiger partial charge in [0.05, 0.1) is 10.8 Å². The maximum Gasteiger partial charge on any atom is 0.410 e. The zero-order valence-corrected chi connectivity index (χ0v) is 24.6. The number of amides is 4. The van der Waals surface area contributed by atoms with Crippen molar-refractivity contribution in [3.63, 3.8) is 0 Å². The van der Waals surface area contributed by atoms with Crippen LogP contribution < -0.4 is 10.6 Å². The number of nitrogens with zero attached hydrogens (tertiary/aromatic N) is 2. The maximum atomic E-state index is 12.0. The van der Waals surface area contributed by atoms with Gasteiger partial charge in [0.2, 0.25) is 11.8 Å². The van der Waals surface area contributed by atoms with Crippen molar-refractivity contribution >= 4 is 24.0 Å². The van der Waals surface area contributed by atoms with E-state index in [9.17, 15) is 19.2 Å². The third kappa shape index (κ3) is 7.32. The second-order valence-corrected chi connectivity index (χ2v) is 13.7. The van der Waals surface area contributed by atoms with Crippen LogP contribution in [0.4, 0.5) is 9.59 Å². The number of piperidine rings is 2. The summed E-state index contributed by atoms with van der Waals surface area (Å²) in [6.07, 6.45) is 4.18. The molecule has 2 spiro atoms. The lowest BCUT2D eigenvalue weighted by molar-refractivity contribution is -0.130. The number of hydrogen-bond acceptors (Lipinski definition) is 6. The van der Waals surface area contributed by atoms with E-state index in [2.05, 4.69) is 10.6 Å². The Balaban J connectivity index is 0.000000211. The second kappa shape index (κ2) is 10.9. The topological polar surface area (TPSA) is 117 Å².